The Balaban J connectivity index is 0.000000229. The summed E-state index contributed by atoms with van der Waals surface area (Å²) >= 11 is 2.49. The number of ether oxygens (including phenoxy) is 1. The van der Waals surface area contributed by atoms with Crippen molar-refractivity contribution in [1.29, 1.82) is 0 Å². The van der Waals surface area contributed by atoms with E-state index in [1.54, 1.807) is 45.0 Å². The minimum Gasteiger partial charge on any atom is -0.444 e. The van der Waals surface area contributed by atoms with E-state index < -0.39 is 29.6 Å². The Morgan fingerprint density at radius 2 is 1.34 bits per heavy atom. The molecule has 2 atom stereocenters. The van der Waals surface area contributed by atoms with Gasteiger partial charge in [-0.2, -0.15) is 8.78 Å². The molecule has 50 heavy (non-hydrogen) atoms. The molecule has 1 amide bonds. The Kier molecular flexibility index (Phi) is 12.2. The van der Waals surface area contributed by atoms with Crippen LogP contribution in [0.15, 0.2) is 58.4 Å². The first-order valence-corrected chi connectivity index (χ1v) is 16.9. The van der Waals surface area contributed by atoms with Gasteiger partial charge in [-0.3, -0.25) is 9.59 Å². The van der Waals surface area contributed by atoms with Crippen molar-refractivity contribution < 1.29 is 18.3 Å². The number of hydrogen-bond acceptors (Lipinski definition) is 11. The third kappa shape index (κ3) is 9.12. The molecule has 5 N–H and O–H groups in total. The Morgan fingerprint density at radius 1 is 0.860 bits per heavy atom. The van der Waals surface area contributed by atoms with Crippen molar-refractivity contribution in [1.82, 2.24) is 35.2 Å². The minimum absolute atomic E-state index is 0. The van der Waals surface area contributed by atoms with Crippen LogP contribution in [0.25, 0.3) is 41.3 Å². The maximum Gasteiger partial charge on any atom is 0.408 e. The van der Waals surface area contributed by atoms with Crippen LogP contribution in [0, 0.1) is 11.9 Å². The van der Waals surface area contributed by atoms with Gasteiger partial charge in [0.15, 0.2) is 0 Å². The molecule has 0 aliphatic rings. The van der Waals surface area contributed by atoms with Crippen LogP contribution in [0.2, 0.25) is 0 Å². The molecule has 0 saturated heterocycles. The second kappa shape index (κ2) is 15.9. The van der Waals surface area contributed by atoms with E-state index >= 15 is 0 Å². The molecule has 17 heteroatoms. The summed E-state index contributed by atoms with van der Waals surface area (Å²) in [4.78, 5) is 59.6. The second-order valence-electron chi connectivity index (χ2n) is 11.9. The first-order chi connectivity index (χ1) is 23.2. The van der Waals surface area contributed by atoms with Gasteiger partial charge in [0.2, 0.25) is 11.9 Å². The number of pyridine rings is 2. The quantitative estimate of drug-likeness (QED) is 0.123. The molecule has 6 aromatic heterocycles. The average Bonchev–Trinajstić information content (AvgIpc) is 3.68. The lowest BCUT2D eigenvalue weighted by Crippen LogP contribution is -2.36. The number of nitrogens with zero attached hydrogens (tertiary/aromatic N) is 4. The van der Waals surface area contributed by atoms with E-state index in [0.717, 1.165) is 4.88 Å². The number of hydrogen-bond donors (Lipinski definition) is 4. The van der Waals surface area contributed by atoms with Crippen molar-refractivity contribution in [2.24, 2.45) is 5.73 Å². The number of carbonyl (C=O) groups is 1. The van der Waals surface area contributed by atoms with E-state index in [1.165, 1.54) is 47.2 Å². The number of nitrogens with one attached hydrogen (secondary N) is 3. The molecule has 0 unspecified atom stereocenters. The van der Waals surface area contributed by atoms with Gasteiger partial charge in [-0.1, -0.05) is 13.8 Å². The number of H-pyrrole nitrogens is 2. The molecule has 0 radical (unpaired) electrons. The molecule has 6 rings (SSSR count). The van der Waals surface area contributed by atoms with Gasteiger partial charge >= 0.3 is 6.09 Å². The normalized spacial score (nSPS) is 12.5. The number of aromatic nitrogens is 6. The average molecular weight is 745 g/mol. The third-order valence-electron chi connectivity index (χ3n) is 7.04. The Labute approximate surface area is 299 Å². The lowest BCUT2D eigenvalue weighted by molar-refractivity contribution is 0.0499. The van der Waals surface area contributed by atoms with E-state index in [1.807, 2.05) is 13.8 Å². The number of rotatable bonds is 7. The van der Waals surface area contributed by atoms with Crippen molar-refractivity contribution in [3.8, 4) is 20.9 Å². The maximum absolute atomic E-state index is 13.4. The van der Waals surface area contributed by atoms with Gasteiger partial charge in [-0.05, 0) is 69.0 Å². The predicted octanol–water partition coefficient (Wildman–Crippen LogP) is 7.18. The van der Waals surface area contributed by atoms with Gasteiger partial charge in [0.25, 0.3) is 11.1 Å². The molecular formula is C33H35ClF2N8O4S2. The highest BCUT2D eigenvalue weighted by atomic mass is 35.5. The number of amides is 1. The summed E-state index contributed by atoms with van der Waals surface area (Å²) in [5.74, 6) is -0.331. The number of thiophene rings is 2. The van der Waals surface area contributed by atoms with Crippen LogP contribution in [-0.2, 0) is 4.74 Å². The summed E-state index contributed by atoms with van der Waals surface area (Å²) in [6.07, 6.45) is 3.38. The highest BCUT2D eigenvalue weighted by molar-refractivity contribution is 7.22. The summed E-state index contributed by atoms with van der Waals surface area (Å²) in [5.41, 5.74) is 7.11. The highest BCUT2D eigenvalue weighted by Gasteiger charge is 2.22. The highest BCUT2D eigenvalue weighted by Crippen LogP contribution is 2.32. The van der Waals surface area contributed by atoms with E-state index in [9.17, 15) is 23.2 Å². The zero-order valence-corrected chi connectivity index (χ0v) is 30.1. The summed E-state index contributed by atoms with van der Waals surface area (Å²) < 4.78 is 32.8. The molecule has 6 heterocycles. The number of alkyl carbamates (subject to hydrolysis) is 1. The van der Waals surface area contributed by atoms with Crippen LogP contribution in [0.5, 0.6) is 0 Å². The van der Waals surface area contributed by atoms with Crippen LogP contribution >= 0.6 is 35.1 Å². The SMILES string of the molecule is CC[C@H](N)c1nc2cc(-c3ccnc(F)c3)sc2c(=O)[nH]1.CC[C@H](NC(=O)OC(C)(C)C)c1nc2cc(-c3ccnc(F)c3)sc2c(=O)[nH]1.Cl. The maximum atomic E-state index is 13.4. The summed E-state index contributed by atoms with van der Waals surface area (Å²) in [6.45, 7) is 9.11. The molecule has 0 aliphatic heterocycles. The Hall–Kier alpha value is -4.64. The van der Waals surface area contributed by atoms with Crippen molar-refractivity contribution in [2.75, 3.05) is 0 Å². The van der Waals surface area contributed by atoms with Crippen molar-refractivity contribution in [3.63, 3.8) is 0 Å². The third-order valence-corrected chi connectivity index (χ3v) is 9.39. The van der Waals surface area contributed by atoms with E-state index in [-0.39, 0.29) is 29.6 Å². The number of carbonyl (C=O) groups excluding carboxylic acids is 1. The van der Waals surface area contributed by atoms with E-state index in [2.05, 4.69) is 35.2 Å². The molecule has 0 aromatic carbocycles. The van der Waals surface area contributed by atoms with Gasteiger partial charge in [0, 0.05) is 34.3 Å². The molecular weight excluding hydrogens is 710 g/mol. The molecule has 0 fully saturated rings. The van der Waals surface area contributed by atoms with E-state index in [4.69, 9.17) is 10.5 Å². The Morgan fingerprint density at radius 3 is 1.78 bits per heavy atom. The molecule has 6 aromatic rings. The number of fused-ring (bicyclic) bond motifs is 2. The summed E-state index contributed by atoms with van der Waals surface area (Å²) in [5, 5.41) is 2.73. The minimum atomic E-state index is -0.630. The zero-order valence-electron chi connectivity index (χ0n) is 27.7. The predicted molar refractivity (Wildman–Crippen MR) is 194 cm³/mol. The van der Waals surface area contributed by atoms with Crippen molar-refractivity contribution in [3.05, 3.63) is 93.0 Å². The van der Waals surface area contributed by atoms with Crippen LogP contribution in [-0.4, -0.2) is 41.6 Å². The summed E-state index contributed by atoms with van der Waals surface area (Å²) in [6, 6.07) is 8.69. The smallest absolute Gasteiger partial charge is 0.408 e. The van der Waals surface area contributed by atoms with Gasteiger partial charge in [-0.25, -0.2) is 24.7 Å². The van der Waals surface area contributed by atoms with Crippen molar-refractivity contribution in [2.45, 2.75) is 65.1 Å². The molecule has 12 nitrogen and oxygen atoms in total. The Bertz CT molecular complexity index is 2250. The molecule has 0 saturated carbocycles. The first kappa shape index (κ1) is 38.2. The molecule has 0 spiro atoms. The van der Waals surface area contributed by atoms with Gasteiger partial charge in [-0.15, -0.1) is 35.1 Å². The number of aromatic amines is 2. The molecule has 0 aliphatic carbocycles. The summed E-state index contributed by atoms with van der Waals surface area (Å²) in [7, 11) is 0. The fourth-order valence-corrected chi connectivity index (χ4v) is 6.64. The molecule has 0 bridgehead atoms. The standard InChI is InChI=1S/C19H21FN4O3S.C14H13FN4OS.ClH/c1-5-11(23-18(26)27-19(2,3)4)16-22-12-9-13(28-15(12)17(25)24-16)10-6-7-21-14(20)8-10;1-2-8(16)13-18-9-6-10(21-12(9)14(20)19-13)7-3-4-17-11(15)5-7;/h6-9,11H,5H2,1-4H3,(H,23,26)(H,22,24,25);3-6,8H,2,16H2,1H3,(H,18,19,20);1H/t11-;8-;/m00./s1. The van der Waals surface area contributed by atoms with Crippen LogP contribution in [0.1, 0.15) is 71.2 Å². The lowest BCUT2D eigenvalue weighted by Gasteiger charge is -2.22. The molecule has 264 valence electrons. The largest absolute Gasteiger partial charge is 0.444 e. The topological polar surface area (TPSA) is 182 Å². The monoisotopic (exact) mass is 744 g/mol. The fraction of sp³-hybridized carbons (Fsp3) is 0.303. The number of nitrogens with two attached hydrogens (primary N) is 1. The lowest BCUT2D eigenvalue weighted by atomic mass is 10.2. The van der Waals surface area contributed by atoms with Gasteiger partial charge in [0.05, 0.1) is 23.1 Å². The van der Waals surface area contributed by atoms with Crippen LogP contribution in [0.4, 0.5) is 13.6 Å². The number of halogens is 3. The fourth-order valence-electron chi connectivity index (χ4n) is 4.66. The van der Waals surface area contributed by atoms with Gasteiger partial charge < -0.3 is 25.8 Å². The van der Waals surface area contributed by atoms with E-state index in [0.29, 0.717) is 60.9 Å². The van der Waals surface area contributed by atoms with Crippen molar-refractivity contribution >= 4 is 61.6 Å². The van der Waals surface area contributed by atoms with Gasteiger partial charge in [0.1, 0.15) is 26.6 Å². The zero-order chi connectivity index (χ0) is 35.5. The van der Waals surface area contributed by atoms with Crippen LogP contribution in [0.3, 0.4) is 0 Å². The second-order valence-corrected chi connectivity index (χ2v) is 14.0. The first-order valence-electron chi connectivity index (χ1n) is 15.3. The van der Waals surface area contributed by atoms with Crippen LogP contribution < -0.4 is 22.2 Å².